The molecule has 1 N–H and O–H groups in total. The highest BCUT2D eigenvalue weighted by Crippen LogP contribution is 2.18. The molecule has 0 saturated carbocycles. The van der Waals surface area contributed by atoms with Crippen LogP contribution in [0.4, 0.5) is 0 Å². The van der Waals surface area contributed by atoms with Gasteiger partial charge in [0.15, 0.2) is 0 Å². The minimum atomic E-state index is -3.43. The number of aromatic nitrogens is 1. The monoisotopic (exact) mass is 274 g/mol. The van der Waals surface area contributed by atoms with Crippen LogP contribution >= 0.6 is 0 Å². The van der Waals surface area contributed by atoms with Gasteiger partial charge in [-0.25, -0.2) is 12.7 Å². The highest BCUT2D eigenvalue weighted by Gasteiger charge is 2.22. The first kappa shape index (κ1) is 15.2. The summed E-state index contributed by atoms with van der Waals surface area (Å²) in [6, 6.07) is 1.52. The fourth-order valence-electron chi connectivity index (χ4n) is 1.76. The number of rotatable bonds is 7. The van der Waals surface area contributed by atoms with Gasteiger partial charge in [0.05, 0.1) is 6.61 Å². The highest BCUT2D eigenvalue weighted by molar-refractivity contribution is 7.89. The van der Waals surface area contributed by atoms with Crippen molar-refractivity contribution >= 4 is 10.0 Å². The average molecular weight is 274 g/mol. The Bertz CT molecular complexity index is 480. The summed E-state index contributed by atoms with van der Waals surface area (Å²) < 4.78 is 27.5. The molecule has 0 aliphatic rings. The number of aliphatic hydroxyl groups excluding tert-OH is 1. The van der Waals surface area contributed by atoms with Crippen LogP contribution in [0.5, 0.6) is 0 Å². The summed E-state index contributed by atoms with van der Waals surface area (Å²) >= 11 is 0. The number of unbranched alkanes of at least 4 members (excludes halogenated alkanes) is 2. The molecule has 104 valence electrons. The van der Waals surface area contributed by atoms with E-state index in [2.05, 4.69) is 6.92 Å². The summed E-state index contributed by atoms with van der Waals surface area (Å²) in [7, 11) is -0.112. The van der Waals surface area contributed by atoms with E-state index < -0.39 is 10.0 Å². The fraction of sp³-hybridized carbons (Fsp3) is 0.667. The molecule has 1 aromatic rings. The predicted octanol–water partition coefficient (Wildman–Crippen LogP) is 1.33. The molecule has 5 nitrogen and oxygen atoms in total. The molecule has 0 unspecified atom stereocenters. The Morgan fingerprint density at radius 2 is 2.06 bits per heavy atom. The summed E-state index contributed by atoms with van der Waals surface area (Å²) in [4.78, 5) is 0.244. The summed E-state index contributed by atoms with van der Waals surface area (Å²) in [5.41, 5.74) is 0.593. The fourth-order valence-corrected chi connectivity index (χ4v) is 3.07. The lowest BCUT2D eigenvalue weighted by atomic mass is 10.2. The molecule has 0 aliphatic heterocycles. The smallest absolute Gasteiger partial charge is 0.244 e. The van der Waals surface area contributed by atoms with Crippen molar-refractivity contribution in [1.82, 2.24) is 8.87 Å². The number of sulfonamides is 1. The molecule has 0 amide bonds. The topological polar surface area (TPSA) is 62.5 Å². The van der Waals surface area contributed by atoms with Crippen LogP contribution in [0.2, 0.25) is 0 Å². The number of hydrogen-bond acceptors (Lipinski definition) is 3. The van der Waals surface area contributed by atoms with Gasteiger partial charge in [-0.05, 0) is 12.5 Å². The zero-order chi connectivity index (χ0) is 13.8. The van der Waals surface area contributed by atoms with E-state index in [1.165, 1.54) is 16.6 Å². The number of nitrogens with zero attached hydrogens (tertiary/aromatic N) is 2. The summed E-state index contributed by atoms with van der Waals surface area (Å²) in [5.74, 6) is 0. The molecule has 1 heterocycles. The standard InChI is InChI=1S/C12H22N2O3S/c1-4-5-6-7-14(3)18(16,17)12-8-11(10-15)13(2)9-12/h8-9,15H,4-7,10H2,1-3H3. The Labute approximate surface area is 109 Å². The van der Waals surface area contributed by atoms with Gasteiger partial charge in [-0.1, -0.05) is 19.8 Å². The molecule has 0 saturated heterocycles. The molecule has 0 aliphatic carbocycles. The predicted molar refractivity (Wildman–Crippen MR) is 70.7 cm³/mol. The highest BCUT2D eigenvalue weighted by atomic mass is 32.2. The second-order valence-corrected chi connectivity index (χ2v) is 6.51. The van der Waals surface area contributed by atoms with Crippen LogP contribution in [-0.4, -0.2) is 36.0 Å². The Kier molecular flexibility index (Phi) is 5.37. The largest absolute Gasteiger partial charge is 0.390 e. The van der Waals surface area contributed by atoms with Crippen LogP contribution < -0.4 is 0 Å². The Morgan fingerprint density at radius 1 is 1.39 bits per heavy atom. The van der Waals surface area contributed by atoms with Crippen LogP contribution in [0.1, 0.15) is 31.9 Å². The van der Waals surface area contributed by atoms with E-state index in [-0.39, 0.29) is 11.5 Å². The molecule has 0 fully saturated rings. The molecule has 6 heteroatoms. The molecule has 0 atom stereocenters. The zero-order valence-corrected chi connectivity index (χ0v) is 12.1. The normalized spacial score (nSPS) is 12.3. The summed E-state index contributed by atoms with van der Waals surface area (Å²) in [6.07, 6.45) is 4.49. The lowest BCUT2D eigenvalue weighted by Gasteiger charge is -2.15. The van der Waals surface area contributed by atoms with E-state index in [4.69, 9.17) is 5.11 Å². The van der Waals surface area contributed by atoms with Crippen molar-refractivity contribution in [2.45, 2.75) is 37.7 Å². The molecule has 1 aromatic heterocycles. The summed E-state index contributed by atoms with van der Waals surface area (Å²) in [6.45, 7) is 2.45. The average Bonchev–Trinajstić information content (AvgIpc) is 2.71. The van der Waals surface area contributed by atoms with Crippen molar-refractivity contribution in [2.75, 3.05) is 13.6 Å². The quantitative estimate of drug-likeness (QED) is 0.763. The van der Waals surface area contributed by atoms with Gasteiger partial charge in [0, 0.05) is 32.5 Å². The first-order valence-corrected chi connectivity index (χ1v) is 7.60. The van der Waals surface area contributed by atoms with Crippen molar-refractivity contribution < 1.29 is 13.5 Å². The molecule has 0 bridgehead atoms. The minimum absolute atomic E-state index is 0.161. The van der Waals surface area contributed by atoms with E-state index in [9.17, 15) is 8.42 Å². The maximum absolute atomic E-state index is 12.2. The lowest BCUT2D eigenvalue weighted by Crippen LogP contribution is -2.27. The number of aliphatic hydroxyl groups is 1. The lowest BCUT2D eigenvalue weighted by molar-refractivity contribution is 0.272. The maximum Gasteiger partial charge on any atom is 0.244 e. The third-order valence-corrected chi connectivity index (χ3v) is 4.85. The van der Waals surface area contributed by atoms with Crippen molar-refractivity contribution in [1.29, 1.82) is 0 Å². The first-order chi connectivity index (χ1) is 8.43. The summed E-state index contributed by atoms with van der Waals surface area (Å²) in [5, 5.41) is 9.08. The van der Waals surface area contributed by atoms with Crippen molar-refractivity contribution in [3.8, 4) is 0 Å². The minimum Gasteiger partial charge on any atom is -0.390 e. The Morgan fingerprint density at radius 3 is 2.56 bits per heavy atom. The van der Waals surface area contributed by atoms with Gasteiger partial charge < -0.3 is 9.67 Å². The van der Waals surface area contributed by atoms with E-state index in [0.717, 1.165) is 19.3 Å². The molecular formula is C12H22N2O3S. The van der Waals surface area contributed by atoms with Crippen LogP contribution in [0, 0.1) is 0 Å². The number of hydrogen-bond donors (Lipinski definition) is 1. The van der Waals surface area contributed by atoms with Gasteiger partial charge in [0.1, 0.15) is 4.90 Å². The molecule has 0 spiro atoms. The van der Waals surface area contributed by atoms with Crippen LogP contribution in [0.15, 0.2) is 17.2 Å². The van der Waals surface area contributed by atoms with E-state index >= 15 is 0 Å². The Balaban J connectivity index is 2.84. The SMILES string of the molecule is CCCCCN(C)S(=O)(=O)c1cc(CO)n(C)c1. The van der Waals surface area contributed by atoms with Gasteiger partial charge in [-0.15, -0.1) is 0 Å². The molecule has 1 rings (SSSR count). The van der Waals surface area contributed by atoms with Gasteiger partial charge in [0.25, 0.3) is 0 Å². The van der Waals surface area contributed by atoms with Crippen molar-refractivity contribution in [2.24, 2.45) is 7.05 Å². The molecular weight excluding hydrogens is 252 g/mol. The van der Waals surface area contributed by atoms with Crippen LogP contribution in [0.3, 0.4) is 0 Å². The van der Waals surface area contributed by atoms with E-state index in [1.54, 1.807) is 18.7 Å². The van der Waals surface area contributed by atoms with Crippen molar-refractivity contribution in [3.63, 3.8) is 0 Å². The van der Waals surface area contributed by atoms with E-state index in [0.29, 0.717) is 12.2 Å². The zero-order valence-electron chi connectivity index (χ0n) is 11.3. The van der Waals surface area contributed by atoms with Gasteiger partial charge in [-0.2, -0.15) is 0 Å². The third kappa shape index (κ3) is 3.34. The van der Waals surface area contributed by atoms with Crippen LogP contribution in [-0.2, 0) is 23.7 Å². The van der Waals surface area contributed by atoms with Crippen molar-refractivity contribution in [3.05, 3.63) is 18.0 Å². The van der Waals surface area contributed by atoms with Crippen LogP contribution in [0.25, 0.3) is 0 Å². The maximum atomic E-state index is 12.2. The number of aryl methyl sites for hydroxylation is 1. The second kappa shape index (κ2) is 6.36. The third-order valence-electron chi connectivity index (χ3n) is 3.03. The molecule has 0 radical (unpaired) electrons. The van der Waals surface area contributed by atoms with E-state index in [1.807, 2.05) is 0 Å². The molecule has 18 heavy (non-hydrogen) atoms. The first-order valence-electron chi connectivity index (χ1n) is 6.16. The van der Waals surface area contributed by atoms with Gasteiger partial charge in [-0.3, -0.25) is 0 Å². The van der Waals surface area contributed by atoms with Gasteiger partial charge >= 0.3 is 0 Å². The Hall–Kier alpha value is -0.850. The van der Waals surface area contributed by atoms with Gasteiger partial charge in [0.2, 0.25) is 10.0 Å². The second-order valence-electron chi connectivity index (χ2n) is 4.47. The molecule has 0 aromatic carbocycles.